The number of likely N-dealkylation sites (tertiary alicyclic amines) is 1. The van der Waals surface area contributed by atoms with Crippen LogP contribution in [0.1, 0.15) is 38.7 Å². The lowest BCUT2D eigenvalue weighted by Gasteiger charge is -2.33. The molecular formula is C24H42IN5. The molecule has 3 rings (SSSR count). The van der Waals surface area contributed by atoms with Crippen LogP contribution in [0.25, 0.3) is 0 Å². The molecule has 1 atom stereocenters. The molecule has 2 fully saturated rings. The summed E-state index contributed by atoms with van der Waals surface area (Å²) in [6, 6.07) is 10.9. The smallest absolute Gasteiger partial charge is 0.193 e. The molecule has 0 saturated carbocycles. The minimum atomic E-state index is 0. The van der Waals surface area contributed by atoms with Crippen molar-refractivity contribution >= 4 is 29.9 Å². The number of hydrogen-bond donors (Lipinski definition) is 1. The van der Waals surface area contributed by atoms with Crippen LogP contribution in [-0.4, -0.2) is 86.1 Å². The first kappa shape index (κ1) is 25.4. The maximum absolute atomic E-state index is 4.95. The van der Waals surface area contributed by atoms with E-state index in [0.717, 1.165) is 38.1 Å². The van der Waals surface area contributed by atoms with Gasteiger partial charge in [-0.25, -0.2) is 0 Å². The highest BCUT2D eigenvalue weighted by atomic mass is 127. The summed E-state index contributed by atoms with van der Waals surface area (Å²) in [7, 11) is 0. The standard InChI is InChI=1S/C24H41N5.HI/c1-3-25-24(26-13-8-9-14-28-18-16-27(4-2)17-19-28)29-15-12-23(21-29)20-22-10-6-5-7-11-22;/h5-7,10-11,23H,3-4,8-9,12-21H2,1-2H3,(H,25,26);1H. The van der Waals surface area contributed by atoms with E-state index in [9.17, 15) is 0 Å². The van der Waals surface area contributed by atoms with E-state index in [1.807, 2.05) is 0 Å². The van der Waals surface area contributed by atoms with Gasteiger partial charge in [0.25, 0.3) is 0 Å². The molecule has 0 aromatic heterocycles. The lowest BCUT2D eigenvalue weighted by molar-refractivity contribution is 0.136. The van der Waals surface area contributed by atoms with E-state index in [-0.39, 0.29) is 24.0 Å². The maximum Gasteiger partial charge on any atom is 0.193 e. The fourth-order valence-corrected chi connectivity index (χ4v) is 4.53. The predicted molar refractivity (Wildman–Crippen MR) is 139 cm³/mol. The molecule has 2 heterocycles. The lowest BCUT2D eigenvalue weighted by Crippen LogP contribution is -2.46. The Morgan fingerprint density at radius 3 is 2.43 bits per heavy atom. The third-order valence-corrected chi connectivity index (χ3v) is 6.34. The van der Waals surface area contributed by atoms with E-state index in [2.05, 4.69) is 64.2 Å². The summed E-state index contributed by atoms with van der Waals surface area (Å²) in [4.78, 5) is 12.6. The number of unbranched alkanes of at least 4 members (excludes halogenated alkanes) is 1. The van der Waals surface area contributed by atoms with Gasteiger partial charge in [-0.1, -0.05) is 37.3 Å². The van der Waals surface area contributed by atoms with E-state index in [4.69, 9.17) is 4.99 Å². The molecule has 1 aromatic rings. The lowest BCUT2D eigenvalue weighted by atomic mass is 9.99. The summed E-state index contributed by atoms with van der Waals surface area (Å²) in [5.41, 5.74) is 1.46. The summed E-state index contributed by atoms with van der Waals surface area (Å²) >= 11 is 0. The van der Waals surface area contributed by atoms with Gasteiger partial charge in [0.1, 0.15) is 0 Å². The molecule has 1 unspecified atom stereocenters. The zero-order valence-electron chi connectivity index (χ0n) is 19.1. The molecule has 0 radical (unpaired) electrons. The molecule has 1 N–H and O–H groups in total. The first-order valence-corrected chi connectivity index (χ1v) is 11.8. The Balaban J connectivity index is 0.00000320. The van der Waals surface area contributed by atoms with Crippen LogP contribution in [0.2, 0.25) is 0 Å². The Kier molecular flexibility index (Phi) is 12.1. The monoisotopic (exact) mass is 527 g/mol. The highest BCUT2D eigenvalue weighted by molar-refractivity contribution is 14.0. The molecule has 0 aliphatic carbocycles. The quantitative estimate of drug-likeness (QED) is 0.231. The van der Waals surface area contributed by atoms with Gasteiger partial charge in [0, 0.05) is 52.4 Å². The molecule has 30 heavy (non-hydrogen) atoms. The van der Waals surface area contributed by atoms with Gasteiger partial charge in [-0.15, -0.1) is 24.0 Å². The summed E-state index contributed by atoms with van der Waals surface area (Å²) < 4.78 is 0. The number of halogens is 1. The van der Waals surface area contributed by atoms with Gasteiger partial charge in [0.05, 0.1) is 0 Å². The van der Waals surface area contributed by atoms with Crippen LogP contribution in [-0.2, 0) is 6.42 Å². The first-order chi connectivity index (χ1) is 14.3. The predicted octanol–water partition coefficient (Wildman–Crippen LogP) is 3.55. The van der Waals surface area contributed by atoms with Crippen LogP contribution >= 0.6 is 24.0 Å². The van der Waals surface area contributed by atoms with Gasteiger partial charge >= 0.3 is 0 Å². The van der Waals surface area contributed by atoms with Crippen molar-refractivity contribution in [3.8, 4) is 0 Å². The van der Waals surface area contributed by atoms with Crippen LogP contribution in [0.4, 0.5) is 0 Å². The molecule has 1 aromatic carbocycles. The van der Waals surface area contributed by atoms with E-state index < -0.39 is 0 Å². The number of benzene rings is 1. The number of nitrogens with one attached hydrogen (secondary N) is 1. The third kappa shape index (κ3) is 8.35. The molecular weight excluding hydrogens is 485 g/mol. The van der Waals surface area contributed by atoms with Crippen molar-refractivity contribution in [3.05, 3.63) is 35.9 Å². The Hall–Kier alpha value is -0.860. The highest BCUT2D eigenvalue weighted by Crippen LogP contribution is 2.21. The van der Waals surface area contributed by atoms with Crippen LogP contribution in [0.5, 0.6) is 0 Å². The van der Waals surface area contributed by atoms with Gasteiger partial charge < -0.3 is 20.0 Å². The summed E-state index contributed by atoms with van der Waals surface area (Å²) in [6.45, 7) is 15.9. The average molecular weight is 528 g/mol. The second-order valence-electron chi connectivity index (χ2n) is 8.51. The number of piperazine rings is 1. The zero-order chi connectivity index (χ0) is 20.3. The van der Waals surface area contributed by atoms with Crippen molar-refractivity contribution in [1.82, 2.24) is 20.0 Å². The molecule has 2 aliphatic rings. The van der Waals surface area contributed by atoms with Gasteiger partial charge in [-0.3, -0.25) is 4.99 Å². The van der Waals surface area contributed by atoms with E-state index in [1.54, 1.807) is 0 Å². The highest BCUT2D eigenvalue weighted by Gasteiger charge is 2.24. The molecule has 2 aliphatic heterocycles. The molecule has 0 bridgehead atoms. The first-order valence-electron chi connectivity index (χ1n) is 11.8. The minimum Gasteiger partial charge on any atom is -0.357 e. The Morgan fingerprint density at radius 1 is 1.00 bits per heavy atom. The summed E-state index contributed by atoms with van der Waals surface area (Å²) in [6.07, 6.45) is 4.89. The second kappa shape index (κ2) is 14.2. The SMILES string of the molecule is CCNC(=NCCCCN1CCN(CC)CC1)N1CCC(Cc2ccccc2)C1.I. The van der Waals surface area contributed by atoms with E-state index in [0.29, 0.717) is 0 Å². The number of likely N-dealkylation sites (N-methyl/N-ethyl adjacent to an activating group) is 1. The van der Waals surface area contributed by atoms with E-state index >= 15 is 0 Å². The molecule has 6 heteroatoms. The van der Waals surface area contributed by atoms with Gasteiger partial charge in [-0.2, -0.15) is 0 Å². The van der Waals surface area contributed by atoms with Crippen molar-refractivity contribution in [3.63, 3.8) is 0 Å². The number of aliphatic imine (C=N–C) groups is 1. The van der Waals surface area contributed by atoms with Crippen LogP contribution in [0.3, 0.4) is 0 Å². The minimum absolute atomic E-state index is 0. The fourth-order valence-electron chi connectivity index (χ4n) is 4.53. The molecule has 170 valence electrons. The number of rotatable bonds is 9. The molecule has 0 amide bonds. The summed E-state index contributed by atoms with van der Waals surface area (Å²) in [5, 5.41) is 3.52. The Labute approximate surface area is 201 Å². The average Bonchev–Trinajstić information content (AvgIpc) is 3.22. The van der Waals surface area contributed by atoms with Gasteiger partial charge in [0.2, 0.25) is 0 Å². The van der Waals surface area contributed by atoms with Gasteiger partial charge in [-0.05, 0) is 57.2 Å². The zero-order valence-corrected chi connectivity index (χ0v) is 21.4. The van der Waals surface area contributed by atoms with Crippen molar-refractivity contribution in [2.24, 2.45) is 10.9 Å². The van der Waals surface area contributed by atoms with Crippen molar-refractivity contribution in [1.29, 1.82) is 0 Å². The fraction of sp³-hybridized carbons (Fsp3) is 0.708. The largest absolute Gasteiger partial charge is 0.357 e. The third-order valence-electron chi connectivity index (χ3n) is 6.34. The topological polar surface area (TPSA) is 34.1 Å². The van der Waals surface area contributed by atoms with Gasteiger partial charge in [0.15, 0.2) is 5.96 Å². The molecule has 5 nitrogen and oxygen atoms in total. The second-order valence-corrected chi connectivity index (χ2v) is 8.51. The number of guanidine groups is 1. The van der Waals surface area contributed by atoms with Crippen molar-refractivity contribution < 1.29 is 0 Å². The molecule has 2 saturated heterocycles. The van der Waals surface area contributed by atoms with Crippen LogP contribution in [0.15, 0.2) is 35.3 Å². The van der Waals surface area contributed by atoms with Crippen molar-refractivity contribution in [2.75, 3.05) is 65.4 Å². The van der Waals surface area contributed by atoms with E-state index in [1.165, 1.54) is 70.5 Å². The molecule has 0 spiro atoms. The number of nitrogens with zero attached hydrogens (tertiary/aromatic N) is 4. The van der Waals surface area contributed by atoms with Crippen LogP contribution in [0, 0.1) is 5.92 Å². The Morgan fingerprint density at radius 2 is 1.73 bits per heavy atom. The maximum atomic E-state index is 4.95. The van der Waals surface area contributed by atoms with Crippen LogP contribution < -0.4 is 5.32 Å². The normalized spacial score (nSPS) is 20.9. The number of hydrogen-bond acceptors (Lipinski definition) is 3. The Bertz CT molecular complexity index is 601. The summed E-state index contributed by atoms with van der Waals surface area (Å²) in [5.74, 6) is 1.86. The van der Waals surface area contributed by atoms with Crippen molar-refractivity contribution in [2.45, 2.75) is 39.5 Å².